The Hall–Kier alpha value is -1.52. The standard InChI is InChI=1S/C15H27NO4/c1-10(2)11(17)19-15(8,9)14(6,7)16-12(18)20-13(3,4)5/h1H2,2-9H3,(H,16,18). The van der Waals surface area contributed by atoms with Gasteiger partial charge >= 0.3 is 12.1 Å². The average molecular weight is 285 g/mol. The third-order valence-electron chi connectivity index (χ3n) is 3.01. The molecule has 0 fully saturated rings. The molecule has 0 spiro atoms. The maximum absolute atomic E-state index is 11.8. The fourth-order valence-electron chi connectivity index (χ4n) is 1.16. The molecule has 0 aromatic rings. The first-order valence-corrected chi connectivity index (χ1v) is 6.58. The second-order valence-corrected chi connectivity index (χ2v) is 6.93. The van der Waals surface area contributed by atoms with Crippen LogP contribution in [-0.4, -0.2) is 28.8 Å². The molecule has 5 nitrogen and oxygen atoms in total. The molecule has 0 unspecified atom stereocenters. The minimum atomic E-state index is -0.917. The van der Waals surface area contributed by atoms with Gasteiger partial charge in [0, 0.05) is 5.57 Å². The monoisotopic (exact) mass is 285 g/mol. The molecule has 0 aliphatic carbocycles. The highest BCUT2D eigenvalue weighted by Crippen LogP contribution is 2.26. The van der Waals surface area contributed by atoms with E-state index in [-0.39, 0.29) is 0 Å². The molecule has 0 atom stereocenters. The van der Waals surface area contributed by atoms with E-state index in [1.165, 1.54) is 0 Å². The third-order valence-corrected chi connectivity index (χ3v) is 3.01. The fourth-order valence-corrected chi connectivity index (χ4v) is 1.16. The molecule has 0 rings (SSSR count). The van der Waals surface area contributed by atoms with Crippen molar-refractivity contribution in [2.75, 3.05) is 0 Å². The van der Waals surface area contributed by atoms with E-state index in [0.29, 0.717) is 5.57 Å². The molecular weight excluding hydrogens is 258 g/mol. The molecule has 0 aromatic heterocycles. The van der Waals surface area contributed by atoms with Gasteiger partial charge in [0.1, 0.15) is 11.2 Å². The van der Waals surface area contributed by atoms with Crippen LogP contribution in [0, 0.1) is 0 Å². The number of hydrogen-bond donors (Lipinski definition) is 1. The Kier molecular flexibility index (Phi) is 5.41. The number of amides is 1. The summed E-state index contributed by atoms with van der Waals surface area (Å²) in [5.74, 6) is -0.492. The van der Waals surface area contributed by atoms with Crippen molar-refractivity contribution in [3.05, 3.63) is 12.2 Å². The van der Waals surface area contributed by atoms with Gasteiger partial charge in [-0.25, -0.2) is 9.59 Å². The number of esters is 1. The van der Waals surface area contributed by atoms with Crippen molar-refractivity contribution in [1.29, 1.82) is 0 Å². The lowest BCUT2D eigenvalue weighted by Crippen LogP contribution is -2.60. The van der Waals surface area contributed by atoms with Crippen LogP contribution in [0.2, 0.25) is 0 Å². The van der Waals surface area contributed by atoms with Gasteiger partial charge in [0.15, 0.2) is 0 Å². The molecule has 0 radical (unpaired) electrons. The maximum atomic E-state index is 11.8. The predicted molar refractivity (Wildman–Crippen MR) is 78.4 cm³/mol. The third kappa shape index (κ3) is 5.63. The number of ether oxygens (including phenoxy) is 2. The van der Waals surface area contributed by atoms with Gasteiger partial charge in [0.2, 0.25) is 0 Å². The normalized spacial score (nSPS) is 12.6. The number of alkyl carbamates (subject to hydrolysis) is 1. The van der Waals surface area contributed by atoms with Crippen LogP contribution in [0.15, 0.2) is 12.2 Å². The van der Waals surface area contributed by atoms with Crippen molar-refractivity contribution in [2.45, 2.75) is 72.1 Å². The largest absolute Gasteiger partial charge is 0.454 e. The summed E-state index contributed by atoms with van der Waals surface area (Å²) in [5, 5.41) is 2.73. The van der Waals surface area contributed by atoms with Gasteiger partial charge in [-0.15, -0.1) is 0 Å². The molecule has 0 aliphatic heterocycles. The van der Waals surface area contributed by atoms with E-state index in [9.17, 15) is 9.59 Å². The topological polar surface area (TPSA) is 64.6 Å². The molecule has 0 bridgehead atoms. The van der Waals surface area contributed by atoms with Crippen LogP contribution in [0.1, 0.15) is 55.4 Å². The molecule has 116 valence electrons. The second kappa shape index (κ2) is 5.85. The zero-order chi connectivity index (χ0) is 16.4. The SMILES string of the molecule is C=C(C)C(=O)OC(C)(C)C(C)(C)NC(=O)OC(C)(C)C. The average Bonchev–Trinajstić information content (AvgIpc) is 2.11. The van der Waals surface area contributed by atoms with E-state index in [4.69, 9.17) is 9.47 Å². The fraction of sp³-hybridized carbons (Fsp3) is 0.733. The molecule has 20 heavy (non-hydrogen) atoms. The van der Waals surface area contributed by atoms with Crippen molar-refractivity contribution in [3.63, 3.8) is 0 Å². The van der Waals surface area contributed by atoms with Gasteiger partial charge < -0.3 is 14.8 Å². The zero-order valence-electron chi connectivity index (χ0n) is 13.8. The van der Waals surface area contributed by atoms with Gasteiger partial charge in [-0.2, -0.15) is 0 Å². The summed E-state index contributed by atoms with van der Waals surface area (Å²) >= 11 is 0. The van der Waals surface area contributed by atoms with Crippen LogP contribution >= 0.6 is 0 Å². The van der Waals surface area contributed by atoms with E-state index in [1.807, 2.05) is 0 Å². The van der Waals surface area contributed by atoms with E-state index in [1.54, 1.807) is 55.4 Å². The van der Waals surface area contributed by atoms with Gasteiger partial charge in [0.05, 0.1) is 5.54 Å². The first kappa shape index (κ1) is 18.5. The summed E-state index contributed by atoms with van der Waals surface area (Å²) in [6.07, 6.45) is -0.554. The van der Waals surface area contributed by atoms with E-state index in [0.717, 1.165) is 0 Å². The second-order valence-electron chi connectivity index (χ2n) is 6.93. The molecule has 1 N–H and O–H groups in total. The number of carbonyl (C=O) groups excluding carboxylic acids is 2. The van der Waals surface area contributed by atoms with Crippen molar-refractivity contribution < 1.29 is 19.1 Å². The van der Waals surface area contributed by atoms with Crippen LogP contribution in [0.4, 0.5) is 4.79 Å². The first-order valence-electron chi connectivity index (χ1n) is 6.58. The molecule has 0 aliphatic rings. The Morgan fingerprint density at radius 2 is 1.40 bits per heavy atom. The quantitative estimate of drug-likeness (QED) is 0.636. The summed E-state index contributed by atoms with van der Waals surface area (Å²) < 4.78 is 10.6. The lowest BCUT2D eigenvalue weighted by molar-refractivity contribution is -0.158. The molecule has 0 saturated carbocycles. The van der Waals surface area contributed by atoms with Crippen LogP contribution in [0.3, 0.4) is 0 Å². The minimum absolute atomic E-state index is 0.311. The van der Waals surface area contributed by atoms with Crippen molar-refractivity contribution in [2.24, 2.45) is 0 Å². The highest BCUT2D eigenvalue weighted by atomic mass is 16.6. The maximum Gasteiger partial charge on any atom is 0.408 e. The number of rotatable bonds is 4. The molecule has 0 heterocycles. The summed E-state index contributed by atoms with van der Waals surface area (Å²) in [6.45, 7) is 17.5. The number of carbonyl (C=O) groups is 2. The van der Waals surface area contributed by atoms with Crippen LogP contribution in [0.25, 0.3) is 0 Å². The summed E-state index contributed by atoms with van der Waals surface area (Å²) in [6, 6.07) is 0. The number of hydrogen-bond acceptors (Lipinski definition) is 4. The molecule has 0 saturated heterocycles. The van der Waals surface area contributed by atoms with E-state index < -0.39 is 28.8 Å². The van der Waals surface area contributed by atoms with E-state index >= 15 is 0 Å². The predicted octanol–water partition coefficient (Wildman–Crippen LogP) is 3.19. The van der Waals surface area contributed by atoms with Crippen molar-refractivity contribution in [3.8, 4) is 0 Å². The van der Waals surface area contributed by atoms with Crippen molar-refractivity contribution in [1.82, 2.24) is 5.32 Å². The Morgan fingerprint density at radius 1 is 0.950 bits per heavy atom. The highest BCUT2D eigenvalue weighted by Gasteiger charge is 2.42. The molecule has 0 aromatic carbocycles. The van der Waals surface area contributed by atoms with Crippen LogP contribution in [0.5, 0.6) is 0 Å². The van der Waals surface area contributed by atoms with Crippen LogP contribution < -0.4 is 5.32 Å². The molecular formula is C15H27NO4. The summed E-state index contributed by atoms with van der Waals surface area (Å²) in [7, 11) is 0. The van der Waals surface area contributed by atoms with Gasteiger partial charge in [0.25, 0.3) is 0 Å². The minimum Gasteiger partial charge on any atom is -0.454 e. The first-order chi connectivity index (χ1) is 8.68. The molecule has 5 heteroatoms. The van der Waals surface area contributed by atoms with Gasteiger partial charge in [-0.3, -0.25) is 0 Å². The Morgan fingerprint density at radius 3 is 1.75 bits per heavy atom. The lowest BCUT2D eigenvalue weighted by atomic mass is 9.85. The van der Waals surface area contributed by atoms with Gasteiger partial charge in [-0.05, 0) is 55.4 Å². The van der Waals surface area contributed by atoms with E-state index in [2.05, 4.69) is 11.9 Å². The molecule has 1 amide bonds. The Labute approximate surface area is 121 Å². The zero-order valence-corrected chi connectivity index (χ0v) is 13.8. The lowest BCUT2D eigenvalue weighted by Gasteiger charge is -2.41. The Balaban J connectivity index is 4.89. The van der Waals surface area contributed by atoms with Gasteiger partial charge in [-0.1, -0.05) is 6.58 Å². The van der Waals surface area contributed by atoms with Crippen molar-refractivity contribution >= 4 is 12.1 Å². The smallest absolute Gasteiger partial charge is 0.408 e. The van der Waals surface area contributed by atoms with Crippen LogP contribution in [-0.2, 0) is 14.3 Å². The highest BCUT2D eigenvalue weighted by molar-refractivity contribution is 5.87. The number of nitrogens with one attached hydrogen (secondary N) is 1. The summed E-state index contributed by atoms with van der Waals surface area (Å²) in [4.78, 5) is 23.5. The Bertz CT molecular complexity index is 403. The summed E-state index contributed by atoms with van der Waals surface area (Å²) in [5.41, 5.74) is -2.00.